The fraction of sp³-hybridized carbons (Fsp3) is 0.889. The lowest BCUT2D eigenvalue weighted by molar-refractivity contribution is -0.140. The van der Waals surface area contributed by atoms with E-state index in [9.17, 15) is 13.2 Å². The van der Waals surface area contributed by atoms with Gasteiger partial charge in [-0.1, -0.05) is 0 Å². The van der Waals surface area contributed by atoms with Gasteiger partial charge in [0.05, 0.1) is 5.75 Å². The Hall–Kier alpha value is -0.620. The molecule has 0 aromatic rings. The number of hydrogen-bond acceptors (Lipinski definition) is 3. The summed E-state index contributed by atoms with van der Waals surface area (Å²) < 4.78 is 24.9. The SMILES string of the molecule is O=C(O)[C@@H]1CCCN1S(=O)(=O)CC1CC1. The van der Waals surface area contributed by atoms with Crippen molar-refractivity contribution in [2.75, 3.05) is 12.3 Å². The van der Waals surface area contributed by atoms with Crippen molar-refractivity contribution < 1.29 is 18.3 Å². The van der Waals surface area contributed by atoms with Crippen LogP contribution in [0.3, 0.4) is 0 Å². The minimum absolute atomic E-state index is 0.136. The smallest absolute Gasteiger partial charge is 0.322 e. The Kier molecular flexibility index (Phi) is 2.72. The van der Waals surface area contributed by atoms with E-state index < -0.39 is 22.0 Å². The van der Waals surface area contributed by atoms with Crippen LogP contribution in [0.5, 0.6) is 0 Å². The van der Waals surface area contributed by atoms with Gasteiger partial charge in [0.25, 0.3) is 0 Å². The van der Waals surface area contributed by atoms with E-state index in [0.717, 1.165) is 12.8 Å². The van der Waals surface area contributed by atoms with Crippen LogP contribution < -0.4 is 0 Å². The van der Waals surface area contributed by atoms with E-state index in [1.54, 1.807) is 0 Å². The van der Waals surface area contributed by atoms with Gasteiger partial charge in [-0.15, -0.1) is 0 Å². The number of rotatable bonds is 4. The molecule has 0 amide bonds. The highest BCUT2D eigenvalue weighted by molar-refractivity contribution is 7.89. The number of hydrogen-bond donors (Lipinski definition) is 1. The molecule has 6 heteroatoms. The maximum absolute atomic E-state index is 11.9. The van der Waals surface area contributed by atoms with Crippen LogP contribution >= 0.6 is 0 Å². The molecule has 1 aliphatic heterocycles. The average molecular weight is 233 g/mol. The number of aliphatic carboxylic acids is 1. The third kappa shape index (κ3) is 2.31. The number of carboxylic acids is 1. The maximum atomic E-state index is 11.9. The third-order valence-corrected chi connectivity index (χ3v) is 5.03. The predicted octanol–water partition coefficient (Wildman–Crippen LogP) is 0.275. The molecule has 0 aromatic carbocycles. The maximum Gasteiger partial charge on any atom is 0.322 e. The summed E-state index contributed by atoms with van der Waals surface area (Å²) in [5.74, 6) is -0.617. The van der Waals surface area contributed by atoms with Crippen molar-refractivity contribution in [2.24, 2.45) is 5.92 Å². The molecule has 0 aromatic heterocycles. The van der Waals surface area contributed by atoms with Crippen LogP contribution in [-0.4, -0.2) is 42.1 Å². The molecule has 86 valence electrons. The van der Waals surface area contributed by atoms with Crippen molar-refractivity contribution in [3.05, 3.63) is 0 Å². The van der Waals surface area contributed by atoms with Gasteiger partial charge in [0, 0.05) is 6.54 Å². The number of carbonyl (C=O) groups is 1. The normalized spacial score (nSPS) is 28.1. The summed E-state index contributed by atoms with van der Waals surface area (Å²) in [6, 6.07) is -0.825. The fourth-order valence-electron chi connectivity index (χ4n) is 2.00. The quantitative estimate of drug-likeness (QED) is 0.756. The van der Waals surface area contributed by atoms with Gasteiger partial charge in [-0.2, -0.15) is 4.31 Å². The van der Waals surface area contributed by atoms with E-state index in [1.165, 1.54) is 4.31 Å². The van der Waals surface area contributed by atoms with E-state index in [4.69, 9.17) is 5.11 Å². The topological polar surface area (TPSA) is 74.7 Å². The van der Waals surface area contributed by atoms with Gasteiger partial charge >= 0.3 is 5.97 Å². The van der Waals surface area contributed by atoms with Crippen LogP contribution in [-0.2, 0) is 14.8 Å². The van der Waals surface area contributed by atoms with Crippen molar-refractivity contribution in [3.8, 4) is 0 Å². The largest absolute Gasteiger partial charge is 0.480 e. The first kappa shape index (κ1) is 10.9. The molecule has 1 saturated carbocycles. The van der Waals surface area contributed by atoms with Crippen LogP contribution in [0.1, 0.15) is 25.7 Å². The Balaban J connectivity index is 2.10. The van der Waals surface area contributed by atoms with Gasteiger partial charge in [-0.25, -0.2) is 8.42 Å². The minimum atomic E-state index is -3.34. The molecule has 0 unspecified atom stereocenters. The zero-order chi connectivity index (χ0) is 11.1. The molecule has 1 aliphatic carbocycles. The number of sulfonamides is 1. The summed E-state index contributed by atoms with van der Waals surface area (Å²) in [6.45, 7) is 0.367. The summed E-state index contributed by atoms with van der Waals surface area (Å²) >= 11 is 0. The number of carboxylic acid groups (broad SMARTS) is 1. The molecule has 0 radical (unpaired) electrons. The second-order valence-electron chi connectivity index (χ2n) is 4.33. The Morgan fingerprint density at radius 3 is 2.53 bits per heavy atom. The molecule has 5 nitrogen and oxygen atoms in total. The lowest BCUT2D eigenvalue weighted by Crippen LogP contribution is -2.41. The van der Waals surface area contributed by atoms with Crippen LogP contribution in [0.25, 0.3) is 0 Å². The molecule has 1 saturated heterocycles. The monoisotopic (exact) mass is 233 g/mol. The molecular weight excluding hydrogens is 218 g/mol. The average Bonchev–Trinajstić information content (AvgIpc) is 2.80. The molecule has 15 heavy (non-hydrogen) atoms. The highest BCUT2D eigenvalue weighted by atomic mass is 32.2. The van der Waals surface area contributed by atoms with E-state index in [2.05, 4.69) is 0 Å². The summed E-state index contributed by atoms with van der Waals surface area (Å²) in [7, 11) is -3.34. The van der Waals surface area contributed by atoms with Crippen LogP contribution in [0.15, 0.2) is 0 Å². The zero-order valence-corrected chi connectivity index (χ0v) is 9.24. The molecule has 2 aliphatic rings. The Morgan fingerprint density at radius 1 is 1.33 bits per heavy atom. The Labute approximate surface area is 89.1 Å². The van der Waals surface area contributed by atoms with Crippen molar-refractivity contribution in [3.63, 3.8) is 0 Å². The van der Waals surface area contributed by atoms with Gasteiger partial charge < -0.3 is 5.11 Å². The number of nitrogens with zero attached hydrogens (tertiary/aromatic N) is 1. The van der Waals surface area contributed by atoms with Crippen LogP contribution in [0.4, 0.5) is 0 Å². The summed E-state index contributed by atoms with van der Waals surface area (Å²) in [5.41, 5.74) is 0. The lowest BCUT2D eigenvalue weighted by Gasteiger charge is -2.20. The van der Waals surface area contributed by atoms with Gasteiger partial charge in [-0.3, -0.25) is 4.79 Å². The van der Waals surface area contributed by atoms with E-state index in [1.807, 2.05) is 0 Å². The minimum Gasteiger partial charge on any atom is -0.480 e. The van der Waals surface area contributed by atoms with Crippen molar-refractivity contribution >= 4 is 16.0 Å². The molecule has 2 fully saturated rings. The second-order valence-corrected chi connectivity index (χ2v) is 6.30. The highest BCUT2D eigenvalue weighted by Crippen LogP contribution is 2.33. The van der Waals surface area contributed by atoms with E-state index >= 15 is 0 Å². The van der Waals surface area contributed by atoms with Crippen molar-refractivity contribution in [2.45, 2.75) is 31.7 Å². The summed E-state index contributed by atoms with van der Waals surface area (Å²) in [5, 5.41) is 8.89. The summed E-state index contributed by atoms with van der Waals surface area (Å²) in [6.07, 6.45) is 3.02. The van der Waals surface area contributed by atoms with Crippen molar-refractivity contribution in [1.82, 2.24) is 4.31 Å². The third-order valence-electron chi connectivity index (χ3n) is 2.99. The standard InChI is InChI=1S/C9H15NO4S/c11-9(12)8-2-1-5-10(8)15(13,14)6-7-3-4-7/h7-8H,1-6H2,(H,11,12)/t8-/m0/s1. The molecule has 1 heterocycles. The van der Waals surface area contributed by atoms with Gasteiger partial charge in [-0.05, 0) is 31.6 Å². The first-order valence-electron chi connectivity index (χ1n) is 5.23. The predicted molar refractivity (Wildman–Crippen MR) is 53.9 cm³/mol. The molecule has 2 rings (SSSR count). The van der Waals surface area contributed by atoms with Gasteiger partial charge in [0.15, 0.2) is 0 Å². The first-order valence-corrected chi connectivity index (χ1v) is 6.84. The van der Waals surface area contributed by atoms with Gasteiger partial charge in [0.1, 0.15) is 6.04 Å². The first-order chi connectivity index (χ1) is 7.00. The Morgan fingerprint density at radius 2 is 2.00 bits per heavy atom. The van der Waals surface area contributed by atoms with Crippen molar-refractivity contribution in [1.29, 1.82) is 0 Å². The molecular formula is C9H15NO4S. The van der Waals surface area contributed by atoms with Gasteiger partial charge in [0.2, 0.25) is 10.0 Å². The molecule has 1 N–H and O–H groups in total. The molecule has 0 bridgehead atoms. The zero-order valence-electron chi connectivity index (χ0n) is 8.42. The molecule has 0 spiro atoms. The summed E-state index contributed by atoms with van der Waals surface area (Å²) in [4.78, 5) is 10.9. The van der Waals surface area contributed by atoms with Crippen LogP contribution in [0.2, 0.25) is 0 Å². The fourth-order valence-corrected chi connectivity index (χ4v) is 4.11. The van der Waals surface area contributed by atoms with E-state index in [0.29, 0.717) is 19.4 Å². The highest BCUT2D eigenvalue weighted by Gasteiger charge is 2.40. The molecule has 1 atom stereocenters. The van der Waals surface area contributed by atoms with E-state index in [-0.39, 0.29) is 11.7 Å². The van der Waals surface area contributed by atoms with Crippen LogP contribution in [0, 0.1) is 5.92 Å². The second kappa shape index (κ2) is 3.75. The lowest BCUT2D eigenvalue weighted by atomic mass is 10.2. The Bertz CT molecular complexity index is 360.